The third-order valence-corrected chi connectivity index (χ3v) is 4.90. The van der Waals surface area contributed by atoms with E-state index >= 15 is 0 Å². The first-order valence-corrected chi connectivity index (χ1v) is 9.13. The first kappa shape index (κ1) is 19.1. The zero-order chi connectivity index (χ0) is 17.4. The molecule has 2 aliphatic heterocycles. The fourth-order valence-corrected chi connectivity index (χ4v) is 3.46. The van der Waals surface area contributed by atoms with Crippen molar-refractivity contribution in [3.05, 3.63) is 0 Å². The molecule has 0 aromatic rings. The molecule has 24 heavy (non-hydrogen) atoms. The van der Waals surface area contributed by atoms with Crippen LogP contribution in [0.5, 0.6) is 0 Å². The zero-order valence-electron chi connectivity index (χ0n) is 14.8. The van der Waals surface area contributed by atoms with Crippen molar-refractivity contribution in [2.45, 2.75) is 38.2 Å². The molecule has 7 nitrogen and oxygen atoms in total. The third-order valence-electron chi connectivity index (χ3n) is 4.90. The van der Waals surface area contributed by atoms with Gasteiger partial charge in [0, 0.05) is 32.8 Å². The standard InChI is InChI=1S/C17H32N4O3/c1-20-9-5-15(6-10-20)24-11-3-7-19-17(23)14-4-2-8-21(12-14)13-16(18)22/h14-15H,2-13H2,1H3,(H2,18,22)(H,19,23). The number of nitrogens with zero attached hydrogens (tertiary/aromatic N) is 2. The van der Waals surface area contributed by atoms with Crippen molar-refractivity contribution >= 4 is 11.8 Å². The Balaban J connectivity index is 1.55. The summed E-state index contributed by atoms with van der Waals surface area (Å²) in [6, 6.07) is 0. The molecule has 0 saturated carbocycles. The highest BCUT2D eigenvalue weighted by Crippen LogP contribution is 2.16. The first-order valence-electron chi connectivity index (χ1n) is 9.13. The van der Waals surface area contributed by atoms with Gasteiger partial charge in [-0.15, -0.1) is 0 Å². The number of amides is 2. The van der Waals surface area contributed by atoms with Crippen LogP contribution in [0.4, 0.5) is 0 Å². The van der Waals surface area contributed by atoms with E-state index in [0.717, 1.165) is 51.7 Å². The minimum Gasteiger partial charge on any atom is -0.378 e. The van der Waals surface area contributed by atoms with E-state index in [4.69, 9.17) is 10.5 Å². The van der Waals surface area contributed by atoms with Crippen LogP contribution in [-0.2, 0) is 14.3 Å². The van der Waals surface area contributed by atoms with Crippen LogP contribution in [0.2, 0.25) is 0 Å². The van der Waals surface area contributed by atoms with Crippen molar-refractivity contribution in [2.75, 3.05) is 52.9 Å². The second-order valence-corrected chi connectivity index (χ2v) is 7.06. The molecule has 2 heterocycles. The quantitative estimate of drug-likeness (QED) is 0.598. The van der Waals surface area contributed by atoms with Gasteiger partial charge in [0.05, 0.1) is 18.6 Å². The lowest BCUT2D eigenvalue weighted by Gasteiger charge is -2.31. The molecule has 1 unspecified atom stereocenters. The van der Waals surface area contributed by atoms with E-state index in [-0.39, 0.29) is 24.3 Å². The lowest BCUT2D eigenvalue weighted by atomic mass is 9.97. The summed E-state index contributed by atoms with van der Waals surface area (Å²) in [7, 11) is 2.14. The minimum absolute atomic E-state index is 0.0344. The van der Waals surface area contributed by atoms with E-state index in [9.17, 15) is 9.59 Å². The number of hydrogen-bond donors (Lipinski definition) is 2. The summed E-state index contributed by atoms with van der Waals surface area (Å²) in [6.07, 6.45) is 5.23. The number of carbonyl (C=O) groups is 2. The molecule has 0 aliphatic carbocycles. The second-order valence-electron chi connectivity index (χ2n) is 7.06. The Morgan fingerprint density at radius 2 is 1.96 bits per heavy atom. The normalized spacial score (nSPS) is 24.0. The van der Waals surface area contributed by atoms with Crippen LogP contribution in [0.1, 0.15) is 32.1 Å². The maximum atomic E-state index is 12.2. The van der Waals surface area contributed by atoms with Gasteiger partial charge >= 0.3 is 0 Å². The highest BCUT2D eigenvalue weighted by atomic mass is 16.5. The lowest BCUT2D eigenvalue weighted by molar-refractivity contribution is -0.128. The Labute approximate surface area is 144 Å². The summed E-state index contributed by atoms with van der Waals surface area (Å²) in [6.45, 7) is 5.27. The van der Waals surface area contributed by atoms with Gasteiger partial charge in [0.2, 0.25) is 11.8 Å². The number of rotatable bonds is 8. The van der Waals surface area contributed by atoms with Crippen LogP contribution in [0.25, 0.3) is 0 Å². The molecule has 0 bridgehead atoms. The molecular weight excluding hydrogens is 308 g/mol. The molecule has 138 valence electrons. The number of hydrogen-bond acceptors (Lipinski definition) is 5. The molecule has 7 heteroatoms. The Bertz CT molecular complexity index is 411. The monoisotopic (exact) mass is 340 g/mol. The highest BCUT2D eigenvalue weighted by molar-refractivity contribution is 5.79. The minimum atomic E-state index is -0.331. The van der Waals surface area contributed by atoms with Gasteiger partial charge in [0.15, 0.2) is 0 Å². The van der Waals surface area contributed by atoms with E-state index in [2.05, 4.69) is 17.3 Å². The summed E-state index contributed by atoms with van der Waals surface area (Å²) in [5, 5.41) is 3.00. The highest BCUT2D eigenvalue weighted by Gasteiger charge is 2.26. The maximum Gasteiger partial charge on any atom is 0.231 e. The Kier molecular flexibility index (Phi) is 7.94. The molecule has 2 fully saturated rings. The fraction of sp³-hybridized carbons (Fsp3) is 0.882. The third kappa shape index (κ3) is 6.75. The van der Waals surface area contributed by atoms with Gasteiger partial charge in [-0.25, -0.2) is 0 Å². The Hall–Kier alpha value is -1.18. The molecule has 2 aliphatic rings. The average molecular weight is 340 g/mol. The topological polar surface area (TPSA) is 87.9 Å². The number of primary amides is 1. The molecule has 0 aromatic heterocycles. The molecule has 1 atom stereocenters. The Morgan fingerprint density at radius 1 is 1.21 bits per heavy atom. The van der Waals surface area contributed by atoms with Crippen LogP contribution in [-0.4, -0.2) is 80.6 Å². The van der Waals surface area contributed by atoms with Crippen molar-refractivity contribution in [1.29, 1.82) is 0 Å². The van der Waals surface area contributed by atoms with E-state index in [1.165, 1.54) is 0 Å². The van der Waals surface area contributed by atoms with Crippen molar-refractivity contribution < 1.29 is 14.3 Å². The average Bonchev–Trinajstić information content (AvgIpc) is 2.55. The van der Waals surface area contributed by atoms with Crippen LogP contribution < -0.4 is 11.1 Å². The van der Waals surface area contributed by atoms with Gasteiger partial charge in [0.25, 0.3) is 0 Å². The van der Waals surface area contributed by atoms with E-state index in [1.54, 1.807) is 0 Å². The maximum absolute atomic E-state index is 12.2. The molecule has 0 radical (unpaired) electrons. The molecule has 2 amide bonds. The number of likely N-dealkylation sites (tertiary alicyclic amines) is 2. The zero-order valence-corrected chi connectivity index (χ0v) is 14.8. The molecule has 2 saturated heterocycles. The van der Waals surface area contributed by atoms with Gasteiger partial charge in [-0.05, 0) is 45.7 Å². The van der Waals surface area contributed by atoms with Gasteiger partial charge < -0.3 is 20.7 Å². The molecule has 0 spiro atoms. The summed E-state index contributed by atoms with van der Waals surface area (Å²) in [5.41, 5.74) is 5.23. The van der Waals surface area contributed by atoms with E-state index in [0.29, 0.717) is 25.8 Å². The van der Waals surface area contributed by atoms with Crippen LogP contribution in [0.3, 0.4) is 0 Å². The van der Waals surface area contributed by atoms with Crippen LogP contribution >= 0.6 is 0 Å². The number of nitrogens with two attached hydrogens (primary N) is 1. The summed E-state index contributed by atoms with van der Waals surface area (Å²) < 4.78 is 5.88. The number of carbonyl (C=O) groups excluding carboxylic acids is 2. The number of nitrogens with one attached hydrogen (secondary N) is 1. The van der Waals surface area contributed by atoms with Gasteiger partial charge in [-0.2, -0.15) is 0 Å². The van der Waals surface area contributed by atoms with Crippen molar-refractivity contribution in [1.82, 2.24) is 15.1 Å². The molecule has 2 rings (SSSR count). The van der Waals surface area contributed by atoms with Crippen molar-refractivity contribution in [3.8, 4) is 0 Å². The Morgan fingerprint density at radius 3 is 2.67 bits per heavy atom. The van der Waals surface area contributed by atoms with Crippen molar-refractivity contribution in [3.63, 3.8) is 0 Å². The second kappa shape index (κ2) is 9.96. The molecular formula is C17H32N4O3. The summed E-state index contributed by atoms with van der Waals surface area (Å²) >= 11 is 0. The van der Waals surface area contributed by atoms with Crippen LogP contribution in [0.15, 0.2) is 0 Å². The SMILES string of the molecule is CN1CCC(OCCCNC(=O)C2CCCN(CC(N)=O)C2)CC1. The van der Waals surface area contributed by atoms with Gasteiger partial charge in [-0.1, -0.05) is 0 Å². The smallest absolute Gasteiger partial charge is 0.231 e. The lowest BCUT2D eigenvalue weighted by Crippen LogP contribution is -2.45. The summed E-state index contributed by atoms with van der Waals surface area (Å²) in [5.74, 6) is -0.279. The van der Waals surface area contributed by atoms with Crippen LogP contribution in [0, 0.1) is 5.92 Å². The van der Waals surface area contributed by atoms with Gasteiger partial charge in [-0.3, -0.25) is 14.5 Å². The molecule has 3 N–H and O–H groups in total. The first-order chi connectivity index (χ1) is 11.5. The number of piperidine rings is 2. The molecule has 0 aromatic carbocycles. The van der Waals surface area contributed by atoms with E-state index in [1.807, 2.05) is 4.90 Å². The fourth-order valence-electron chi connectivity index (χ4n) is 3.46. The predicted octanol–water partition coefficient (Wildman–Crippen LogP) is -0.199. The van der Waals surface area contributed by atoms with Gasteiger partial charge in [0.1, 0.15) is 0 Å². The number of ether oxygens (including phenoxy) is 1. The summed E-state index contributed by atoms with van der Waals surface area (Å²) in [4.78, 5) is 27.5. The largest absolute Gasteiger partial charge is 0.378 e. The predicted molar refractivity (Wildman–Crippen MR) is 92.5 cm³/mol. The van der Waals surface area contributed by atoms with Crippen molar-refractivity contribution in [2.24, 2.45) is 11.7 Å². The van der Waals surface area contributed by atoms with E-state index < -0.39 is 0 Å².